The Hall–Kier alpha value is -11.3. The number of tetrazole rings is 2. The molecule has 0 spiro atoms. The number of hydrogen-bond acceptors (Lipinski definition) is 34. The van der Waals surface area contributed by atoms with Gasteiger partial charge in [-0.05, 0) is 104 Å². The van der Waals surface area contributed by atoms with E-state index in [1.165, 1.54) is 32.1 Å². The highest BCUT2D eigenvalue weighted by Gasteiger charge is 2.29. The summed E-state index contributed by atoms with van der Waals surface area (Å²) < 4.78 is 2.00. The number of aromatic nitrogens is 10. The predicted octanol–water partition coefficient (Wildman–Crippen LogP) is 1.51. The van der Waals surface area contributed by atoms with Gasteiger partial charge < -0.3 is 73.3 Å². The summed E-state index contributed by atoms with van der Waals surface area (Å²) >= 11 is 0. The van der Waals surface area contributed by atoms with Gasteiger partial charge in [-0.25, -0.2) is 4.98 Å². The van der Waals surface area contributed by atoms with E-state index in [1.54, 1.807) is 6.33 Å². The fourth-order valence-corrected chi connectivity index (χ4v) is 12.5. The largest absolute Gasteiger partial charge is 0.481 e. The summed E-state index contributed by atoms with van der Waals surface area (Å²) in [7, 11) is 0. The van der Waals surface area contributed by atoms with E-state index in [0.29, 0.717) is 112 Å². The zero-order valence-corrected chi connectivity index (χ0v) is 67.0. The van der Waals surface area contributed by atoms with Gasteiger partial charge in [0.25, 0.3) is 0 Å². The first-order valence-corrected chi connectivity index (χ1v) is 39.8. The number of rotatable bonds is 68. The molecule has 0 saturated heterocycles. The van der Waals surface area contributed by atoms with Gasteiger partial charge in [-0.15, -0.1) is 30.6 Å². The van der Waals surface area contributed by atoms with Gasteiger partial charge >= 0.3 is 35.8 Å². The number of nitrogens with two attached hydrogens (primary N) is 3. The molecule has 0 saturated carbocycles. The Bertz CT molecular complexity index is 3670. The van der Waals surface area contributed by atoms with Crippen LogP contribution in [0.4, 0.5) is 0 Å². The van der Waals surface area contributed by atoms with Crippen LogP contribution < -0.4 is 49.1 Å². The zero-order chi connectivity index (χ0) is 87.5. The summed E-state index contributed by atoms with van der Waals surface area (Å²) in [4.78, 5) is 181. The van der Waals surface area contributed by atoms with Gasteiger partial charge in [-0.3, -0.25) is 87.9 Å². The Balaban J connectivity index is 0.000000492. The lowest BCUT2D eigenvalue weighted by Crippen LogP contribution is -2.43. The summed E-state index contributed by atoms with van der Waals surface area (Å²) in [5, 5.41) is 120. The van der Waals surface area contributed by atoms with Gasteiger partial charge in [0.05, 0.1) is 47.7 Å². The van der Waals surface area contributed by atoms with Crippen molar-refractivity contribution in [3.8, 4) is 23.0 Å². The summed E-state index contributed by atoms with van der Waals surface area (Å²) in [6.45, 7) is 1.37. The first kappa shape index (κ1) is 102. The van der Waals surface area contributed by atoms with Gasteiger partial charge in [-0.1, -0.05) is 70.6 Å². The third kappa shape index (κ3) is 46.4. The maximum Gasteiger partial charge on any atom is 0.323 e. The van der Waals surface area contributed by atoms with E-state index in [9.17, 15) is 87.2 Å². The van der Waals surface area contributed by atoms with Crippen LogP contribution >= 0.6 is 0 Å². The Morgan fingerprint density at radius 3 is 1.18 bits per heavy atom. The first-order valence-electron chi connectivity index (χ1n) is 39.8. The third-order valence-corrected chi connectivity index (χ3v) is 18.6. The molecule has 47 heteroatoms. The van der Waals surface area contributed by atoms with Crippen LogP contribution in [-0.4, -0.2) is 270 Å². The maximum atomic E-state index is 12.7. The monoisotopic (exact) mass is 1680 g/mol. The maximum absolute atomic E-state index is 12.7. The fourth-order valence-electron chi connectivity index (χ4n) is 12.5. The lowest BCUT2D eigenvalue weighted by molar-refractivity contribution is -0.146. The molecule has 5 atom stereocenters. The SMILES string of the molecule is NCN[C@@H](CCCCNC(=O)CCC(CC(=O)CC1=NN=NC1)C(=O)O)C(=O)CC(=O)O.NCN[C@@H](CCCCNC(=O)CCC(CC(=O)CC1=NN=NC1)C(=O)O)C(=O)CC(=O)O.NCN[C@@H](CCCCNC(=O)CN(CC(=O)O)C(=O)CCCCCCCCCCCCCCCn1cnc(-c2nn[nH]n2)c1-c1nn[nH]n1)C(=O)CC(=O)O. The van der Waals surface area contributed by atoms with Crippen molar-refractivity contribution >= 4 is 99.8 Å². The van der Waals surface area contributed by atoms with Crippen LogP contribution in [0.15, 0.2) is 37.2 Å². The molecular formula is C72H116N26O21. The number of Topliss-reactive ketones (excluding diaryl/α,β-unsaturated/α-hetero) is 5. The second kappa shape index (κ2) is 61.1. The minimum atomic E-state index is -1.21. The number of H-pyrrole nitrogens is 2. The molecule has 119 heavy (non-hydrogen) atoms. The van der Waals surface area contributed by atoms with Crippen molar-refractivity contribution in [2.75, 3.05) is 65.8 Å². The summed E-state index contributed by atoms with van der Waals surface area (Å²) in [5.74, 6) is -11.7. The van der Waals surface area contributed by atoms with Gasteiger partial charge in [0.1, 0.15) is 68.4 Å². The predicted molar refractivity (Wildman–Crippen MR) is 421 cm³/mol. The van der Waals surface area contributed by atoms with Crippen LogP contribution in [0.2, 0.25) is 0 Å². The van der Waals surface area contributed by atoms with E-state index in [-0.39, 0.29) is 133 Å². The fraction of sp³-hybridized carbons (Fsp3) is 0.694. The molecule has 0 aromatic carbocycles. The van der Waals surface area contributed by atoms with Gasteiger partial charge in [0, 0.05) is 91.1 Å². The van der Waals surface area contributed by atoms with Crippen LogP contribution in [0, 0.1) is 11.8 Å². The summed E-state index contributed by atoms with van der Waals surface area (Å²) in [6, 6.07) is -1.99. The number of aryl methyl sites for hydroxylation is 1. The number of carbonyl (C=O) groups excluding carboxylic acids is 9. The molecular weight excluding hydrogens is 1560 g/mol. The smallest absolute Gasteiger partial charge is 0.323 e. The highest BCUT2D eigenvalue weighted by molar-refractivity contribution is 6.05. The van der Waals surface area contributed by atoms with Crippen LogP contribution in [0.5, 0.6) is 0 Å². The van der Waals surface area contributed by atoms with Crippen molar-refractivity contribution in [2.45, 2.75) is 243 Å². The minimum absolute atomic E-state index is 0.00203. The van der Waals surface area contributed by atoms with Crippen molar-refractivity contribution in [2.24, 2.45) is 59.9 Å². The summed E-state index contributed by atoms with van der Waals surface area (Å²) in [6.07, 6.45) is 18.1. The van der Waals surface area contributed by atoms with Crippen molar-refractivity contribution in [3.05, 3.63) is 6.33 Å². The molecule has 0 fully saturated rings. The molecule has 3 aromatic heterocycles. The van der Waals surface area contributed by atoms with Crippen LogP contribution in [-0.2, 0) is 78.5 Å². The van der Waals surface area contributed by atoms with Crippen molar-refractivity contribution in [1.29, 1.82) is 0 Å². The molecule has 660 valence electrons. The quantitative estimate of drug-likeness (QED) is 0.0216. The molecule has 4 amide bonds. The second-order valence-electron chi connectivity index (χ2n) is 28.2. The van der Waals surface area contributed by atoms with Crippen molar-refractivity contribution in [3.63, 3.8) is 0 Å². The molecule has 3 aromatic rings. The number of carboxylic acid groups (broad SMARTS) is 6. The number of imidazole rings is 1. The molecule has 0 bridgehead atoms. The highest BCUT2D eigenvalue weighted by Crippen LogP contribution is 2.27. The number of nitrogens with zero attached hydrogens (tertiary/aromatic N) is 15. The van der Waals surface area contributed by atoms with E-state index < -0.39 is 115 Å². The molecule has 20 N–H and O–H groups in total. The van der Waals surface area contributed by atoms with Crippen LogP contribution in [0.25, 0.3) is 23.0 Å². The molecule has 2 unspecified atom stereocenters. The average Bonchev–Trinajstić information content (AvgIpc) is 1.65. The number of hydrogen-bond donors (Lipinski definition) is 17. The Morgan fingerprint density at radius 2 is 0.832 bits per heavy atom. The minimum Gasteiger partial charge on any atom is -0.481 e. The van der Waals surface area contributed by atoms with Gasteiger partial charge in [0.15, 0.2) is 17.3 Å². The number of amides is 4. The van der Waals surface area contributed by atoms with E-state index in [0.717, 1.165) is 56.4 Å². The third-order valence-electron chi connectivity index (χ3n) is 18.6. The molecule has 47 nitrogen and oxygen atoms in total. The Labute approximate surface area is 685 Å². The second-order valence-corrected chi connectivity index (χ2v) is 28.2. The lowest BCUT2D eigenvalue weighted by Gasteiger charge is -2.20. The molecule has 2 aliphatic heterocycles. The molecule has 2 aliphatic rings. The molecule has 0 radical (unpaired) electrons. The van der Waals surface area contributed by atoms with Crippen LogP contribution in [0.1, 0.15) is 218 Å². The van der Waals surface area contributed by atoms with E-state index in [2.05, 4.69) is 109 Å². The average molecular weight is 1680 g/mol. The number of carboxylic acids is 6. The van der Waals surface area contributed by atoms with Crippen molar-refractivity contribution in [1.82, 2.24) is 87.6 Å². The van der Waals surface area contributed by atoms with Gasteiger partial charge in [0.2, 0.25) is 35.3 Å². The first-order chi connectivity index (χ1) is 57.1. The topological polar surface area (TPSA) is 732 Å². The van der Waals surface area contributed by atoms with E-state index >= 15 is 0 Å². The molecule has 0 aliphatic carbocycles. The lowest BCUT2D eigenvalue weighted by atomic mass is 9.95. The zero-order valence-electron chi connectivity index (χ0n) is 67.0. The Kier molecular flexibility index (Phi) is 52.3. The number of carbonyl (C=O) groups is 15. The molecule has 5 rings (SSSR count). The number of aliphatic carboxylic acids is 6. The van der Waals surface area contributed by atoms with Crippen molar-refractivity contribution < 1.29 is 103 Å². The highest BCUT2D eigenvalue weighted by atomic mass is 16.4. The van der Waals surface area contributed by atoms with Gasteiger partial charge in [-0.2, -0.15) is 20.7 Å². The number of nitrogens with one attached hydrogen (secondary N) is 8. The number of aromatic amines is 2. The normalized spacial score (nSPS) is 13.2. The van der Waals surface area contributed by atoms with Crippen LogP contribution in [0.3, 0.4) is 0 Å². The number of unbranched alkanes of at least 4 members (excludes halogenated alkanes) is 15. The summed E-state index contributed by atoms with van der Waals surface area (Å²) in [5.41, 5.74) is 18.4. The standard InChI is InChI=1S/C34H56N14O7.2C19H30N6O7/c35-23-37-25(26(49)20-29(52)53)16-13-14-18-36-27(50)21-48(22-30(54)55)28(51)17-12-10-8-6-4-2-1-3-5-7-9-11-15-19-47-24-38-31(33-39-43-44-40-33)32(47)34-41-45-46-42-34;2*20-11-22-15(16(27)9-18(29)30)3-1-2-6-21-17(28)5-4-12(19(31)32)7-14(26)8-13-10-23-25-24-13/h24-25,37H,1-23,35H2,(H,36,50)(H,52,53)(H,54,55)(H,39,40,43,44)(H,41,42,45,46);2*12,15,22H,1-11,20H2,(H,21,28)(H,29,30)(H,31,32)/t25-;2*12?,15-/m000/s1. The Morgan fingerprint density at radius 1 is 0.445 bits per heavy atom. The van der Waals surface area contributed by atoms with E-state index in [1.807, 2.05) is 4.57 Å². The number of ketones is 5. The van der Waals surface area contributed by atoms with E-state index in [4.69, 9.17) is 32.5 Å². The molecule has 5 heterocycles.